The molecule has 0 saturated heterocycles. The van der Waals surface area contributed by atoms with Crippen LogP contribution in [0.1, 0.15) is 6.92 Å². The Kier molecular flexibility index (Phi) is 4.33. The topological polar surface area (TPSA) is 169 Å². The maximum atomic E-state index is 11.1. The molecule has 0 rings (SSSR count). The van der Waals surface area contributed by atoms with Gasteiger partial charge in [0.1, 0.15) is 6.54 Å². The minimum atomic E-state index is -1.82. The van der Waals surface area contributed by atoms with E-state index in [0.717, 1.165) is 6.92 Å². The van der Waals surface area contributed by atoms with Crippen LogP contribution in [0.5, 0.6) is 0 Å². The number of hydrogen-bond donors (Lipinski definition) is 6. The molecule has 0 heterocycles. The number of hydrogen-bond acceptors (Lipinski definition) is 5. The third-order valence-electron chi connectivity index (χ3n) is 1.29. The fourth-order valence-corrected chi connectivity index (χ4v) is 0.590. The Bertz CT molecular complexity index is 283. The summed E-state index contributed by atoms with van der Waals surface area (Å²) in [7, 11) is 0. The van der Waals surface area contributed by atoms with Crippen molar-refractivity contribution in [1.29, 1.82) is 0 Å². The van der Waals surface area contributed by atoms with Crippen molar-refractivity contribution in [2.75, 3.05) is 6.54 Å². The maximum absolute atomic E-state index is 11.1. The van der Waals surface area contributed by atoms with Crippen molar-refractivity contribution < 1.29 is 14.7 Å². The number of aliphatic carboxylic acids is 1. The number of carbonyl (C=O) groups is 2. The molecule has 0 fully saturated rings. The number of nitrogens with two attached hydrogens (primary N) is 3. The molecule has 1 atom stereocenters. The number of carbonyl (C=O) groups excluding carboxylic acids is 1. The van der Waals surface area contributed by atoms with Gasteiger partial charge in [0.25, 0.3) is 0 Å². The summed E-state index contributed by atoms with van der Waals surface area (Å²) >= 11 is 0. The highest BCUT2D eigenvalue weighted by Crippen LogP contribution is 1.92. The number of hydrazone groups is 1. The third kappa shape index (κ3) is 5.31. The van der Waals surface area contributed by atoms with E-state index >= 15 is 0 Å². The van der Waals surface area contributed by atoms with E-state index < -0.39 is 17.5 Å². The van der Waals surface area contributed by atoms with Crippen LogP contribution in [0, 0.1) is 0 Å². The summed E-state index contributed by atoms with van der Waals surface area (Å²) < 4.78 is 0. The zero-order valence-electron chi connectivity index (χ0n) is 8.15. The van der Waals surface area contributed by atoms with Crippen molar-refractivity contribution in [3.05, 3.63) is 0 Å². The normalized spacial score (nSPS) is 13.5. The number of carboxylic acid groups (broad SMARTS) is 1. The Labute approximate surface area is 85.7 Å². The van der Waals surface area contributed by atoms with Gasteiger partial charge in [-0.15, -0.1) is 5.10 Å². The molecule has 9 heteroatoms. The third-order valence-corrected chi connectivity index (χ3v) is 1.29. The second-order valence-electron chi connectivity index (χ2n) is 2.93. The standard InChI is InChI=1S/C6H14N6O3/c1-6(9,4(14)15)11-3(13)2-10-12-5(7)8/h10H,2,9H2,1H3,(H,11,13)(H,14,15)(H4,7,8,12). The van der Waals surface area contributed by atoms with Crippen molar-refractivity contribution in [2.24, 2.45) is 22.3 Å². The Morgan fingerprint density at radius 2 is 2.00 bits per heavy atom. The molecule has 0 saturated carbocycles. The van der Waals surface area contributed by atoms with Gasteiger partial charge in [0.2, 0.25) is 11.9 Å². The quantitative estimate of drug-likeness (QED) is 0.121. The first-order valence-corrected chi connectivity index (χ1v) is 3.90. The molecule has 86 valence electrons. The van der Waals surface area contributed by atoms with E-state index in [1.807, 2.05) is 0 Å². The molecular weight excluding hydrogens is 204 g/mol. The van der Waals surface area contributed by atoms with Gasteiger partial charge in [-0.25, -0.2) is 4.79 Å². The first kappa shape index (κ1) is 13.0. The molecule has 0 aliphatic heterocycles. The Morgan fingerprint density at radius 3 is 2.40 bits per heavy atom. The monoisotopic (exact) mass is 218 g/mol. The van der Waals surface area contributed by atoms with Crippen LogP contribution < -0.4 is 27.9 Å². The lowest BCUT2D eigenvalue weighted by Crippen LogP contribution is -2.60. The summed E-state index contributed by atoms with van der Waals surface area (Å²) in [6, 6.07) is 0. The number of nitrogens with one attached hydrogen (secondary N) is 2. The Hall–Kier alpha value is -2.03. The van der Waals surface area contributed by atoms with Crippen LogP contribution in [-0.2, 0) is 9.59 Å². The van der Waals surface area contributed by atoms with Crippen LogP contribution in [0.4, 0.5) is 0 Å². The second-order valence-corrected chi connectivity index (χ2v) is 2.93. The molecule has 9 nitrogen and oxygen atoms in total. The number of guanidine groups is 1. The maximum Gasteiger partial charge on any atom is 0.344 e. The van der Waals surface area contributed by atoms with Crippen molar-refractivity contribution in [3.63, 3.8) is 0 Å². The Balaban J connectivity index is 4.05. The minimum Gasteiger partial charge on any atom is -0.479 e. The summed E-state index contributed by atoms with van der Waals surface area (Å²) in [6.07, 6.45) is 0. The van der Waals surface area contributed by atoms with Gasteiger partial charge >= 0.3 is 5.97 Å². The van der Waals surface area contributed by atoms with Gasteiger partial charge in [0.15, 0.2) is 5.66 Å². The lowest BCUT2D eigenvalue weighted by atomic mass is 10.2. The number of nitrogens with zero attached hydrogens (tertiary/aromatic N) is 1. The fraction of sp³-hybridized carbons (Fsp3) is 0.500. The van der Waals surface area contributed by atoms with Gasteiger partial charge < -0.3 is 21.9 Å². The Morgan fingerprint density at radius 1 is 1.47 bits per heavy atom. The van der Waals surface area contributed by atoms with E-state index in [1.54, 1.807) is 0 Å². The van der Waals surface area contributed by atoms with E-state index in [-0.39, 0.29) is 12.5 Å². The molecule has 1 unspecified atom stereocenters. The highest BCUT2D eigenvalue weighted by Gasteiger charge is 2.29. The smallest absolute Gasteiger partial charge is 0.344 e. The first-order valence-electron chi connectivity index (χ1n) is 3.90. The van der Waals surface area contributed by atoms with E-state index in [9.17, 15) is 9.59 Å². The van der Waals surface area contributed by atoms with Gasteiger partial charge in [-0.3, -0.25) is 16.0 Å². The molecule has 9 N–H and O–H groups in total. The lowest BCUT2D eigenvalue weighted by molar-refractivity contribution is -0.146. The molecule has 0 spiro atoms. The van der Waals surface area contributed by atoms with Crippen LogP contribution in [0.25, 0.3) is 0 Å². The van der Waals surface area contributed by atoms with Crippen LogP contribution in [0.15, 0.2) is 5.10 Å². The second kappa shape index (κ2) is 5.00. The average Bonchev–Trinajstić information content (AvgIpc) is 2.01. The summed E-state index contributed by atoms with van der Waals surface area (Å²) in [5.41, 5.74) is 15.6. The van der Waals surface area contributed by atoms with Crippen LogP contribution in [0.3, 0.4) is 0 Å². The van der Waals surface area contributed by atoms with Crippen LogP contribution in [-0.4, -0.2) is 35.2 Å². The lowest BCUT2D eigenvalue weighted by Gasteiger charge is -2.20. The SMILES string of the molecule is CC(N)(NC(=O)CNN=C(N)N)C(=O)O. The molecule has 1 amide bonds. The summed E-state index contributed by atoms with van der Waals surface area (Å²) in [6.45, 7) is 0.867. The number of carboxylic acids is 1. The number of rotatable bonds is 5. The molecule has 0 aliphatic rings. The van der Waals surface area contributed by atoms with Crippen molar-refractivity contribution >= 4 is 17.8 Å². The highest BCUT2D eigenvalue weighted by atomic mass is 16.4. The summed E-state index contributed by atoms with van der Waals surface area (Å²) in [4.78, 5) is 21.6. The molecule has 0 bridgehead atoms. The molecule has 0 aromatic rings. The summed E-state index contributed by atoms with van der Waals surface area (Å²) in [5.74, 6) is -2.23. The first-order chi connectivity index (χ1) is 6.75. The van der Waals surface area contributed by atoms with Gasteiger partial charge in [0.05, 0.1) is 0 Å². The van der Waals surface area contributed by atoms with Crippen molar-refractivity contribution in [3.8, 4) is 0 Å². The fourth-order valence-electron chi connectivity index (χ4n) is 0.590. The number of amides is 1. The molecule has 15 heavy (non-hydrogen) atoms. The minimum absolute atomic E-state index is 0.239. The van der Waals surface area contributed by atoms with Crippen LogP contribution >= 0.6 is 0 Å². The van der Waals surface area contributed by atoms with Crippen LogP contribution in [0.2, 0.25) is 0 Å². The van der Waals surface area contributed by atoms with Crippen molar-refractivity contribution in [2.45, 2.75) is 12.6 Å². The predicted molar refractivity (Wildman–Crippen MR) is 52.2 cm³/mol. The molecular formula is C6H14N6O3. The summed E-state index contributed by atoms with van der Waals surface area (Å²) in [5, 5.41) is 13.9. The van der Waals surface area contributed by atoms with Gasteiger partial charge in [-0.2, -0.15) is 0 Å². The van der Waals surface area contributed by atoms with Gasteiger partial charge in [-0.1, -0.05) is 0 Å². The van der Waals surface area contributed by atoms with E-state index in [0.29, 0.717) is 0 Å². The van der Waals surface area contributed by atoms with Gasteiger partial charge in [0, 0.05) is 0 Å². The predicted octanol–water partition coefficient (Wildman–Crippen LogP) is -3.36. The average molecular weight is 218 g/mol. The zero-order valence-corrected chi connectivity index (χ0v) is 8.15. The van der Waals surface area contributed by atoms with Crippen molar-refractivity contribution in [1.82, 2.24) is 10.7 Å². The molecule has 0 aromatic heterocycles. The molecule has 0 radical (unpaired) electrons. The van der Waals surface area contributed by atoms with Gasteiger partial charge in [-0.05, 0) is 6.92 Å². The van der Waals surface area contributed by atoms with E-state index in [1.165, 1.54) is 0 Å². The molecule has 0 aromatic carbocycles. The largest absolute Gasteiger partial charge is 0.479 e. The zero-order chi connectivity index (χ0) is 12.1. The van der Waals surface area contributed by atoms with E-state index in [2.05, 4.69) is 15.8 Å². The highest BCUT2D eigenvalue weighted by molar-refractivity contribution is 5.87. The molecule has 0 aliphatic carbocycles. The van der Waals surface area contributed by atoms with E-state index in [4.69, 9.17) is 22.3 Å².